The second kappa shape index (κ2) is 4.71. The highest BCUT2D eigenvalue weighted by atomic mass is 16.5. The molecule has 1 aliphatic rings. The van der Waals surface area contributed by atoms with E-state index >= 15 is 0 Å². The lowest BCUT2D eigenvalue weighted by atomic mass is 9.84. The van der Waals surface area contributed by atoms with Crippen molar-refractivity contribution in [1.29, 1.82) is 0 Å². The third kappa shape index (κ3) is 2.44. The Morgan fingerprint density at radius 1 is 1.21 bits per heavy atom. The molecular weight excluding hydrogens is 240 g/mol. The molecule has 1 aromatic carbocycles. The number of hydrogen-bond acceptors (Lipinski definition) is 3. The highest BCUT2D eigenvalue weighted by molar-refractivity contribution is 5.58. The van der Waals surface area contributed by atoms with Crippen LogP contribution in [0, 0.1) is 20.8 Å². The molecule has 106 valence electrons. The Morgan fingerprint density at radius 3 is 2.42 bits per heavy atom. The molecule has 3 nitrogen and oxygen atoms in total. The van der Waals surface area contributed by atoms with Crippen LogP contribution in [0.5, 0.6) is 11.5 Å². The molecule has 2 rings (SSSR count). The minimum absolute atomic E-state index is 0.318. The Morgan fingerprint density at radius 2 is 1.84 bits per heavy atom. The average Bonchev–Trinajstić information content (AvgIpc) is 2.32. The monoisotopic (exact) mass is 264 g/mol. The summed E-state index contributed by atoms with van der Waals surface area (Å²) in [4.78, 5) is 0. The minimum atomic E-state index is -0.369. The van der Waals surface area contributed by atoms with Crippen molar-refractivity contribution in [2.75, 3.05) is 0 Å². The summed E-state index contributed by atoms with van der Waals surface area (Å²) in [6.45, 7) is 9.70. The SMILES string of the molecule is Cc1c(C)c2c(c(C)c1O)CCC(C)(CC(C)O)O2. The zero-order valence-corrected chi connectivity index (χ0v) is 12.5. The van der Waals surface area contributed by atoms with Crippen LogP contribution in [0.2, 0.25) is 0 Å². The van der Waals surface area contributed by atoms with Gasteiger partial charge in [-0.25, -0.2) is 0 Å². The smallest absolute Gasteiger partial charge is 0.127 e. The van der Waals surface area contributed by atoms with Crippen molar-refractivity contribution >= 4 is 0 Å². The Labute approximate surface area is 115 Å². The van der Waals surface area contributed by atoms with Crippen molar-refractivity contribution in [3.8, 4) is 11.5 Å². The summed E-state index contributed by atoms with van der Waals surface area (Å²) in [6, 6.07) is 0. The van der Waals surface area contributed by atoms with Crippen LogP contribution in [0.4, 0.5) is 0 Å². The normalized spacial score (nSPS) is 23.7. The topological polar surface area (TPSA) is 49.7 Å². The minimum Gasteiger partial charge on any atom is -0.507 e. The number of benzene rings is 1. The van der Waals surface area contributed by atoms with E-state index in [1.807, 2.05) is 20.8 Å². The number of aliphatic hydroxyl groups is 1. The number of phenols is 1. The highest BCUT2D eigenvalue weighted by Crippen LogP contribution is 2.44. The largest absolute Gasteiger partial charge is 0.507 e. The van der Waals surface area contributed by atoms with E-state index in [9.17, 15) is 10.2 Å². The molecular formula is C16H24O3. The first-order valence-electron chi connectivity index (χ1n) is 6.94. The first-order chi connectivity index (χ1) is 8.75. The third-order valence-electron chi connectivity index (χ3n) is 4.32. The molecule has 2 atom stereocenters. The first-order valence-corrected chi connectivity index (χ1v) is 6.94. The van der Waals surface area contributed by atoms with Crippen molar-refractivity contribution in [3.63, 3.8) is 0 Å². The van der Waals surface area contributed by atoms with Crippen LogP contribution in [0.3, 0.4) is 0 Å². The van der Waals surface area contributed by atoms with Crippen LogP contribution in [0.25, 0.3) is 0 Å². The Bertz CT molecular complexity index is 505. The Kier molecular flexibility index (Phi) is 3.52. The maximum absolute atomic E-state index is 10.1. The van der Waals surface area contributed by atoms with Crippen molar-refractivity contribution in [3.05, 3.63) is 22.3 Å². The van der Waals surface area contributed by atoms with Gasteiger partial charge in [-0.15, -0.1) is 0 Å². The van der Waals surface area contributed by atoms with Crippen molar-refractivity contribution < 1.29 is 14.9 Å². The van der Waals surface area contributed by atoms with E-state index in [2.05, 4.69) is 6.92 Å². The van der Waals surface area contributed by atoms with Gasteiger partial charge in [-0.2, -0.15) is 0 Å². The molecule has 1 aliphatic heterocycles. The van der Waals surface area contributed by atoms with Crippen LogP contribution >= 0.6 is 0 Å². The fourth-order valence-electron chi connectivity index (χ4n) is 3.06. The fraction of sp³-hybridized carbons (Fsp3) is 0.625. The number of fused-ring (bicyclic) bond motifs is 1. The van der Waals surface area contributed by atoms with Gasteiger partial charge in [0.2, 0.25) is 0 Å². The molecule has 0 spiro atoms. The van der Waals surface area contributed by atoms with Crippen molar-refractivity contribution in [1.82, 2.24) is 0 Å². The summed E-state index contributed by atoms with van der Waals surface area (Å²) >= 11 is 0. The lowest BCUT2D eigenvalue weighted by molar-refractivity contribution is 0.0140. The Balaban J connectivity index is 2.46. The molecule has 0 aromatic heterocycles. The maximum atomic E-state index is 10.1. The second-order valence-corrected chi connectivity index (χ2v) is 6.14. The summed E-state index contributed by atoms with van der Waals surface area (Å²) in [7, 11) is 0. The lowest BCUT2D eigenvalue weighted by Crippen LogP contribution is -2.39. The number of phenolic OH excluding ortho intramolecular Hbond substituents is 1. The number of aliphatic hydroxyl groups excluding tert-OH is 1. The predicted molar refractivity (Wildman–Crippen MR) is 76.0 cm³/mol. The van der Waals surface area contributed by atoms with Gasteiger partial charge in [0.25, 0.3) is 0 Å². The molecule has 0 fully saturated rings. The molecule has 0 aliphatic carbocycles. The van der Waals surface area contributed by atoms with Crippen LogP contribution in [0.15, 0.2) is 0 Å². The molecule has 0 amide bonds. The van der Waals surface area contributed by atoms with Gasteiger partial charge in [-0.05, 0) is 64.2 Å². The molecule has 3 heteroatoms. The highest BCUT2D eigenvalue weighted by Gasteiger charge is 2.35. The van der Waals surface area contributed by atoms with E-state index in [0.717, 1.165) is 40.8 Å². The molecule has 0 saturated heterocycles. The van der Waals surface area contributed by atoms with Gasteiger partial charge in [0.05, 0.1) is 6.10 Å². The van der Waals surface area contributed by atoms with Gasteiger partial charge < -0.3 is 14.9 Å². The van der Waals surface area contributed by atoms with Crippen molar-refractivity contribution in [2.24, 2.45) is 0 Å². The van der Waals surface area contributed by atoms with Gasteiger partial charge in [0, 0.05) is 12.0 Å². The van der Waals surface area contributed by atoms with Gasteiger partial charge >= 0.3 is 0 Å². The second-order valence-electron chi connectivity index (χ2n) is 6.14. The molecule has 2 N–H and O–H groups in total. The number of aromatic hydroxyl groups is 1. The molecule has 1 aromatic rings. The zero-order valence-electron chi connectivity index (χ0n) is 12.5. The van der Waals surface area contributed by atoms with Crippen LogP contribution < -0.4 is 4.74 Å². The molecule has 19 heavy (non-hydrogen) atoms. The van der Waals surface area contributed by atoms with E-state index in [1.54, 1.807) is 6.92 Å². The van der Waals surface area contributed by atoms with E-state index in [-0.39, 0.29) is 11.7 Å². The van der Waals surface area contributed by atoms with Gasteiger partial charge in [-0.3, -0.25) is 0 Å². The third-order valence-corrected chi connectivity index (χ3v) is 4.32. The maximum Gasteiger partial charge on any atom is 0.127 e. The fourth-order valence-corrected chi connectivity index (χ4v) is 3.06. The number of hydrogen-bond donors (Lipinski definition) is 2. The summed E-state index contributed by atoms with van der Waals surface area (Å²) in [6.07, 6.45) is 2.02. The van der Waals surface area contributed by atoms with Crippen LogP contribution in [0.1, 0.15) is 48.9 Å². The van der Waals surface area contributed by atoms with E-state index in [0.29, 0.717) is 12.2 Å². The first kappa shape index (κ1) is 14.2. The summed E-state index contributed by atoms with van der Waals surface area (Å²) in [5.41, 5.74) is 3.62. The summed E-state index contributed by atoms with van der Waals surface area (Å²) < 4.78 is 6.21. The zero-order chi connectivity index (χ0) is 14.4. The molecule has 0 radical (unpaired) electrons. The van der Waals surface area contributed by atoms with Gasteiger partial charge in [-0.1, -0.05) is 0 Å². The van der Waals surface area contributed by atoms with Crippen LogP contribution in [-0.4, -0.2) is 21.9 Å². The van der Waals surface area contributed by atoms with Crippen molar-refractivity contribution in [2.45, 2.75) is 65.6 Å². The molecule has 2 unspecified atom stereocenters. The average molecular weight is 264 g/mol. The summed E-state index contributed by atoms with van der Waals surface area (Å²) in [5, 5.41) is 19.7. The molecule has 0 bridgehead atoms. The van der Waals surface area contributed by atoms with E-state index in [4.69, 9.17) is 4.74 Å². The van der Waals surface area contributed by atoms with Gasteiger partial charge in [0.15, 0.2) is 0 Å². The molecule has 0 saturated carbocycles. The van der Waals surface area contributed by atoms with Crippen LogP contribution in [-0.2, 0) is 6.42 Å². The standard InChI is InChI=1S/C16H24O3/c1-9(17)8-16(5)7-6-13-12(4)14(18)10(2)11(3)15(13)19-16/h9,17-18H,6-8H2,1-5H3. The predicted octanol–water partition coefficient (Wildman–Crippen LogP) is 3.17. The lowest BCUT2D eigenvalue weighted by Gasteiger charge is -2.38. The van der Waals surface area contributed by atoms with E-state index < -0.39 is 0 Å². The van der Waals surface area contributed by atoms with Gasteiger partial charge in [0.1, 0.15) is 17.1 Å². The number of ether oxygens (including phenoxy) is 1. The molecule has 1 heterocycles. The Hall–Kier alpha value is -1.22. The summed E-state index contributed by atoms with van der Waals surface area (Å²) in [5.74, 6) is 1.29. The van der Waals surface area contributed by atoms with E-state index in [1.165, 1.54) is 0 Å². The number of rotatable bonds is 2. The quantitative estimate of drug-likeness (QED) is 0.862.